The first-order valence-corrected chi connectivity index (χ1v) is 7.00. The zero-order valence-corrected chi connectivity index (χ0v) is 12.2. The van der Waals surface area contributed by atoms with Gasteiger partial charge in [-0.3, -0.25) is 4.84 Å². The Morgan fingerprint density at radius 3 is 2.35 bits per heavy atom. The minimum Gasteiger partial charge on any atom is -0.331 e. The van der Waals surface area contributed by atoms with Gasteiger partial charge in [0, 0.05) is 5.69 Å². The standard InChI is InChI=1S/C16H18N2OS/c1-2-13-8-10-15(11-9-13)17-16(20)18-19-12-14-6-4-3-5-7-14/h3-11H,2,12H2,1H3,(H2,17,18,20). The van der Waals surface area contributed by atoms with Gasteiger partial charge in [0.2, 0.25) is 0 Å². The van der Waals surface area contributed by atoms with E-state index in [1.165, 1.54) is 5.56 Å². The minimum absolute atomic E-state index is 0.449. The van der Waals surface area contributed by atoms with E-state index in [1.54, 1.807) is 0 Å². The molecule has 0 bridgehead atoms. The molecule has 0 saturated carbocycles. The zero-order chi connectivity index (χ0) is 14.2. The molecule has 0 aliphatic heterocycles. The van der Waals surface area contributed by atoms with Crippen LogP contribution in [0.3, 0.4) is 0 Å². The molecule has 2 N–H and O–H groups in total. The van der Waals surface area contributed by atoms with Crippen LogP contribution in [-0.2, 0) is 17.9 Å². The summed E-state index contributed by atoms with van der Waals surface area (Å²) in [6.45, 7) is 2.60. The van der Waals surface area contributed by atoms with Crippen molar-refractivity contribution in [1.82, 2.24) is 5.48 Å². The number of aryl methyl sites for hydroxylation is 1. The van der Waals surface area contributed by atoms with Crippen molar-refractivity contribution in [2.75, 3.05) is 5.32 Å². The largest absolute Gasteiger partial charge is 0.331 e. The third-order valence-corrected chi connectivity index (χ3v) is 3.05. The van der Waals surface area contributed by atoms with Crippen molar-refractivity contribution >= 4 is 23.0 Å². The molecule has 0 aliphatic rings. The lowest BCUT2D eigenvalue weighted by Crippen LogP contribution is -2.28. The fourth-order valence-electron chi connectivity index (χ4n) is 1.74. The number of rotatable bonds is 5. The molecule has 0 amide bonds. The minimum atomic E-state index is 0.449. The van der Waals surface area contributed by atoms with Crippen LogP contribution in [-0.4, -0.2) is 5.11 Å². The summed E-state index contributed by atoms with van der Waals surface area (Å²) in [4.78, 5) is 5.34. The highest BCUT2D eigenvalue weighted by Crippen LogP contribution is 2.09. The second kappa shape index (κ2) is 7.62. The van der Waals surface area contributed by atoms with Crippen LogP contribution in [0.25, 0.3) is 0 Å². The monoisotopic (exact) mass is 286 g/mol. The second-order valence-corrected chi connectivity index (χ2v) is 4.79. The Bertz CT molecular complexity index is 540. The molecule has 0 fully saturated rings. The summed E-state index contributed by atoms with van der Waals surface area (Å²) >= 11 is 5.17. The molecule has 3 nitrogen and oxygen atoms in total. The quantitative estimate of drug-likeness (QED) is 0.649. The molecular formula is C16H18N2OS. The maximum Gasteiger partial charge on any atom is 0.195 e. The molecule has 4 heteroatoms. The summed E-state index contributed by atoms with van der Waals surface area (Å²) in [5.74, 6) is 0. The number of hydrogen-bond acceptors (Lipinski definition) is 2. The molecule has 2 rings (SSSR count). The number of thiocarbonyl (C=S) groups is 1. The van der Waals surface area contributed by atoms with Crippen molar-refractivity contribution in [3.8, 4) is 0 Å². The smallest absolute Gasteiger partial charge is 0.195 e. The number of hydroxylamine groups is 1. The van der Waals surface area contributed by atoms with Crippen molar-refractivity contribution in [3.63, 3.8) is 0 Å². The third kappa shape index (κ3) is 4.64. The fourth-order valence-corrected chi connectivity index (χ4v) is 1.92. The first-order chi connectivity index (χ1) is 9.78. The van der Waals surface area contributed by atoms with Crippen molar-refractivity contribution in [2.45, 2.75) is 20.0 Å². The lowest BCUT2D eigenvalue weighted by Gasteiger charge is -2.11. The number of hydrogen-bond donors (Lipinski definition) is 2. The number of nitrogens with one attached hydrogen (secondary N) is 2. The van der Waals surface area contributed by atoms with Gasteiger partial charge in [0.05, 0.1) is 6.61 Å². The molecule has 0 unspecified atom stereocenters. The molecule has 0 spiro atoms. The number of benzene rings is 2. The van der Waals surface area contributed by atoms with Crippen LogP contribution in [0.1, 0.15) is 18.1 Å². The highest BCUT2D eigenvalue weighted by atomic mass is 32.1. The Morgan fingerprint density at radius 1 is 1.00 bits per heavy atom. The van der Waals surface area contributed by atoms with E-state index in [4.69, 9.17) is 17.1 Å². The van der Waals surface area contributed by atoms with E-state index in [-0.39, 0.29) is 0 Å². The SMILES string of the molecule is CCc1ccc(NC(=S)NOCc2ccccc2)cc1. The average molecular weight is 286 g/mol. The summed E-state index contributed by atoms with van der Waals surface area (Å²) in [5.41, 5.74) is 6.07. The molecule has 2 aromatic carbocycles. The molecule has 0 saturated heterocycles. The lowest BCUT2D eigenvalue weighted by molar-refractivity contribution is 0.0728. The summed E-state index contributed by atoms with van der Waals surface area (Å²) in [6, 6.07) is 18.1. The molecule has 0 atom stereocenters. The van der Waals surface area contributed by atoms with Crippen LogP contribution in [0, 0.1) is 0 Å². The molecule has 0 aliphatic carbocycles. The lowest BCUT2D eigenvalue weighted by atomic mass is 10.1. The highest BCUT2D eigenvalue weighted by molar-refractivity contribution is 7.80. The summed E-state index contributed by atoms with van der Waals surface area (Å²) in [6.07, 6.45) is 1.03. The van der Waals surface area contributed by atoms with Gasteiger partial charge in [-0.2, -0.15) is 0 Å². The van der Waals surface area contributed by atoms with Gasteiger partial charge in [0.1, 0.15) is 0 Å². The summed E-state index contributed by atoms with van der Waals surface area (Å²) < 4.78 is 0. The van der Waals surface area contributed by atoms with Gasteiger partial charge >= 0.3 is 0 Å². The fraction of sp³-hybridized carbons (Fsp3) is 0.188. The van der Waals surface area contributed by atoms with E-state index < -0.39 is 0 Å². The third-order valence-electron chi connectivity index (χ3n) is 2.87. The van der Waals surface area contributed by atoms with Crippen LogP contribution < -0.4 is 10.8 Å². The Labute approximate surface area is 124 Å². The predicted octanol–water partition coefficient (Wildman–Crippen LogP) is 3.67. The maximum absolute atomic E-state index is 5.34. The van der Waals surface area contributed by atoms with Gasteiger partial charge in [-0.1, -0.05) is 49.4 Å². The van der Waals surface area contributed by atoms with Crippen molar-refractivity contribution in [3.05, 3.63) is 65.7 Å². The van der Waals surface area contributed by atoms with Crippen LogP contribution in [0.15, 0.2) is 54.6 Å². The first-order valence-electron chi connectivity index (χ1n) is 6.59. The molecule has 20 heavy (non-hydrogen) atoms. The normalized spacial score (nSPS) is 10.1. The van der Waals surface area contributed by atoms with Crippen molar-refractivity contribution in [2.24, 2.45) is 0 Å². The Morgan fingerprint density at radius 2 is 1.70 bits per heavy atom. The van der Waals surface area contributed by atoms with Crippen LogP contribution >= 0.6 is 12.2 Å². The van der Waals surface area contributed by atoms with E-state index >= 15 is 0 Å². The zero-order valence-electron chi connectivity index (χ0n) is 11.4. The topological polar surface area (TPSA) is 33.3 Å². The average Bonchev–Trinajstić information content (AvgIpc) is 2.49. The first kappa shape index (κ1) is 14.5. The van der Waals surface area contributed by atoms with Gasteiger partial charge in [0.25, 0.3) is 0 Å². The predicted molar refractivity (Wildman–Crippen MR) is 86.4 cm³/mol. The van der Waals surface area contributed by atoms with Gasteiger partial charge in [-0.15, -0.1) is 0 Å². The van der Waals surface area contributed by atoms with Crippen molar-refractivity contribution < 1.29 is 4.84 Å². The van der Waals surface area contributed by atoms with Gasteiger partial charge in [0.15, 0.2) is 5.11 Å². The van der Waals surface area contributed by atoms with Gasteiger partial charge in [-0.05, 0) is 41.9 Å². The Balaban J connectivity index is 1.74. The molecule has 0 heterocycles. The molecule has 0 radical (unpaired) electrons. The van der Waals surface area contributed by atoms with E-state index in [1.807, 2.05) is 42.5 Å². The Kier molecular flexibility index (Phi) is 5.53. The molecular weight excluding hydrogens is 268 g/mol. The van der Waals surface area contributed by atoms with E-state index in [0.717, 1.165) is 17.7 Å². The van der Waals surface area contributed by atoms with Crippen LogP contribution in [0.5, 0.6) is 0 Å². The molecule has 2 aromatic rings. The van der Waals surface area contributed by atoms with Crippen LogP contribution in [0.2, 0.25) is 0 Å². The Hall–Kier alpha value is -1.91. The maximum atomic E-state index is 5.34. The van der Waals surface area contributed by atoms with Gasteiger partial charge < -0.3 is 5.32 Å². The summed E-state index contributed by atoms with van der Waals surface area (Å²) in [7, 11) is 0. The molecule has 0 aromatic heterocycles. The van der Waals surface area contributed by atoms with Crippen molar-refractivity contribution in [1.29, 1.82) is 0 Å². The van der Waals surface area contributed by atoms with E-state index in [0.29, 0.717) is 11.7 Å². The highest BCUT2D eigenvalue weighted by Gasteiger charge is 1.98. The number of anilines is 1. The van der Waals surface area contributed by atoms with E-state index in [9.17, 15) is 0 Å². The van der Waals surface area contributed by atoms with Crippen LogP contribution in [0.4, 0.5) is 5.69 Å². The van der Waals surface area contributed by atoms with Gasteiger partial charge in [-0.25, -0.2) is 5.48 Å². The molecule has 104 valence electrons. The second-order valence-electron chi connectivity index (χ2n) is 4.38. The van der Waals surface area contributed by atoms with E-state index in [2.05, 4.69) is 29.9 Å². The summed E-state index contributed by atoms with van der Waals surface area (Å²) in [5, 5.41) is 3.52.